The van der Waals surface area contributed by atoms with Gasteiger partial charge in [0, 0.05) is 43.8 Å². The molecule has 1 aromatic heterocycles. The van der Waals surface area contributed by atoms with Gasteiger partial charge in [-0.25, -0.2) is 0 Å². The Hall–Kier alpha value is -2.14. The van der Waals surface area contributed by atoms with Crippen LogP contribution in [0.5, 0.6) is 0 Å². The third-order valence-electron chi connectivity index (χ3n) is 5.00. The molecule has 1 saturated heterocycles. The topological polar surface area (TPSA) is 52.6 Å². The van der Waals surface area contributed by atoms with Gasteiger partial charge in [-0.3, -0.25) is 9.98 Å². The number of nitrogens with zero attached hydrogens (tertiary/aromatic N) is 3. The van der Waals surface area contributed by atoms with E-state index in [0.29, 0.717) is 18.6 Å². The summed E-state index contributed by atoms with van der Waals surface area (Å²) >= 11 is 0. The third kappa shape index (κ3) is 4.48. The molecule has 1 fully saturated rings. The number of nitrogens with one attached hydrogen (secondary N) is 2. The van der Waals surface area contributed by atoms with Crippen molar-refractivity contribution in [1.82, 2.24) is 20.5 Å². The molecule has 2 aromatic rings. The molecule has 2 heterocycles. The predicted octanol–water partition coefficient (Wildman–Crippen LogP) is 2.77. The Labute approximate surface area is 150 Å². The van der Waals surface area contributed by atoms with Crippen molar-refractivity contribution in [2.45, 2.75) is 45.3 Å². The van der Waals surface area contributed by atoms with Gasteiger partial charge in [0.15, 0.2) is 5.96 Å². The molecule has 0 aliphatic carbocycles. The van der Waals surface area contributed by atoms with Gasteiger partial charge in [0.2, 0.25) is 0 Å². The largest absolute Gasteiger partial charge is 0.354 e. The van der Waals surface area contributed by atoms with E-state index in [1.807, 2.05) is 13.2 Å². The number of pyridine rings is 1. The Morgan fingerprint density at radius 3 is 2.72 bits per heavy atom. The number of aliphatic imine (C=N–C) groups is 1. The number of fused-ring (bicyclic) bond motifs is 1. The van der Waals surface area contributed by atoms with Crippen LogP contribution in [0, 0.1) is 0 Å². The van der Waals surface area contributed by atoms with Crippen LogP contribution in [0.25, 0.3) is 10.8 Å². The Morgan fingerprint density at radius 1 is 1.24 bits per heavy atom. The zero-order valence-corrected chi connectivity index (χ0v) is 15.5. The molecule has 5 nitrogen and oxygen atoms in total. The number of aromatic nitrogens is 1. The second-order valence-corrected chi connectivity index (χ2v) is 6.95. The van der Waals surface area contributed by atoms with Gasteiger partial charge in [-0.1, -0.05) is 24.3 Å². The maximum absolute atomic E-state index is 4.54. The van der Waals surface area contributed by atoms with Crippen LogP contribution < -0.4 is 10.6 Å². The molecule has 0 amide bonds. The van der Waals surface area contributed by atoms with Crippen molar-refractivity contribution < 1.29 is 0 Å². The molecule has 1 aliphatic heterocycles. The van der Waals surface area contributed by atoms with Gasteiger partial charge in [0.25, 0.3) is 0 Å². The van der Waals surface area contributed by atoms with Crippen LogP contribution in [0.15, 0.2) is 41.5 Å². The zero-order chi connectivity index (χ0) is 17.6. The molecule has 1 aromatic carbocycles. The molecule has 5 heteroatoms. The van der Waals surface area contributed by atoms with Gasteiger partial charge in [0.05, 0.1) is 12.2 Å². The summed E-state index contributed by atoms with van der Waals surface area (Å²) in [5.74, 6) is 0.859. The highest BCUT2D eigenvalue weighted by atomic mass is 15.2. The molecule has 0 saturated carbocycles. The number of likely N-dealkylation sites (tertiary alicyclic amines) is 1. The molecule has 0 atom stereocenters. The fraction of sp³-hybridized carbons (Fsp3) is 0.500. The van der Waals surface area contributed by atoms with Crippen LogP contribution in [-0.2, 0) is 6.54 Å². The molecule has 2 N–H and O–H groups in total. The second kappa shape index (κ2) is 8.30. The number of hydrogen-bond donors (Lipinski definition) is 2. The Kier molecular flexibility index (Phi) is 5.87. The predicted molar refractivity (Wildman–Crippen MR) is 105 cm³/mol. The molecule has 0 spiro atoms. The first kappa shape index (κ1) is 17.7. The molecule has 1 aliphatic rings. The Morgan fingerprint density at radius 2 is 2.00 bits per heavy atom. The van der Waals surface area contributed by atoms with Crippen molar-refractivity contribution in [3.63, 3.8) is 0 Å². The average Bonchev–Trinajstić information content (AvgIpc) is 2.65. The van der Waals surface area contributed by atoms with Crippen LogP contribution in [0.2, 0.25) is 0 Å². The van der Waals surface area contributed by atoms with Crippen LogP contribution in [0.1, 0.15) is 32.4 Å². The van der Waals surface area contributed by atoms with E-state index in [1.165, 1.54) is 10.8 Å². The minimum Gasteiger partial charge on any atom is -0.354 e. The number of benzene rings is 1. The summed E-state index contributed by atoms with van der Waals surface area (Å²) in [5, 5.41) is 9.40. The first-order valence-electron chi connectivity index (χ1n) is 9.21. The summed E-state index contributed by atoms with van der Waals surface area (Å²) in [6, 6.07) is 11.5. The summed E-state index contributed by atoms with van der Waals surface area (Å²) < 4.78 is 0. The van der Waals surface area contributed by atoms with Gasteiger partial charge in [-0.2, -0.15) is 0 Å². The summed E-state index contributed by atoms with van der Waals surface area (Å²) in [5.41, 5.74) is 1.05. The summed E-state index contributed by atoms with van der Waals surface area (Å²) in [4.78, 5) is 11.5. The van der Waals surface area contributed by atoms with E-state index in [-0.39, 0.29) is 0 Å². The standard InChI is InChI=1S/C20H29N5/c1-15(2)25-12-9-17(10-13-25)24-20(21-3)23-14-19-18-7-5-4-6-16(18)8-11-22-19/h4-8,11,15,17H,9-10,12-14H2,1-3H3,(H2,21,23,24). The lowest BCUT2D eigenvalue weighted by Crippen LogP contribution is -2.49. The van der Waals surface area contributed by atoms with Crippen LogP contribution >= 0.6 is 0 Å². The van der Waals surface area contributed by atoms with Gasteiger partial charge in [-0.05, 0) is 38.1 Å². The zero-order valence-electron chi connectivity index (χ0n) is 15.5. The van der Waals surface area contributed by atoms with Crippen molar-refractivity contribution in [2.24, 2.45) is 4.99 Å². The van der Waals surface area contributed by atoms with Gasteiger partial charge in [-0.15, -0.1) is 0 Å². The summed E-state index contributed by atoms with van der Waals surface area (Å²) in [6.45, 7) is 7.51. The van der Waals surface area contributed by atoms with Crippen molar-refractivity contribution in [3.8, 4) is 0 Å². The van der Waals surface area contributed by atoms with Crippen LogP contribution in [-0.4, -0.2) is 48.1 Å². The first-order chi connectivity index (χ1) is 12.2. The first-order valence-corrected chi connectivity index (χ1v) is 9.21. The Balaban J connectivity index is 1.56. The average molecular weight is 339 g/mol. The number of rotatable bonds is 4. The van der Waals surface area contributed by atoms with E-state index in [4.69, 9.17) is 0 Å². The molecular formula is C20H29N5. The van der Waals surface area contributed by atoms with E-state index in [1.54, 1.807) is 0 Å². The van der Waals surface area contributed by atoms with Crippen molar-refractivity contribution >= 4 is 16.7 Å². The maximum atomic E-state index is 4.54. The quantitative estimate of drug-likeness (QED) is 0.664. The smallest absolute Gasteiger partial charge is 0.191 e. The molecule has 0 unspecified atom stereocenters. The van der Waals surface area contributed by atoms with Gasteiger partial charge in [0.1, 0.15) is 0 Å². The number of guanidine groups is 1. The van der Waals surface area contributed by atoms with E-state index in [2.05, 4.69) is 69.7 Å². The summed E-state index contributed by atoms with van der Waals surface area (Å²) in [6.07, 6.45) is 4.19. The fourth-order valence-electron chi connectivity index (χ4n) is 3.44. The van der Waals surface area contributed by atoms with Crippen LogP contribution in [0.3, 0.4) is 0 Å². The highest BCUT2D eigenvalue weighted by Gasteiger charge is 2.21. The molecule has 0 radical (unpaired) electrons. The van der Waals surface area contributed by atoms with E-state index < -0.39 is 0 Å². The van der Waals surface area contributed by atoms with Crippen molar-refractivity contribution in [2.75, 3.05) is 20.1 Å². The fourth-order valence-corrected chi connectivity index (χ4v) is 3.44. The lowest BCUT2D eigenvalue weighted by Gasteiger charge is -2.35. The molecular weight excluding hydrogens is 310 g/mol. The third-order valence-corrected chi connectivity index (χ3v) is 5.00. The van der Waals surface area contributed by atoms with Gasteiger partial charge >= 0.3 is 0 Å². The van der Waals surface area contributed by atoms with Crippen LogP contribution in [0.4, 0.5) is 0 Å². The Bertz CT molecular complexity index is 712. The number of hydrogen-bond acceptors (Lipinski definition) is 3. The maximum Gasteiger partial charge on any atom is 0.191 e. The SMILES string of the molecule is CN=C(NCc1nccc2ccccc12)NC1CCN(C(C)C)CC1. The van der Waals surface area contributed by atoms with Crippen molar-refractivity contribution in [3.05, 3.63) is 42.2 Å². The van der Waals surface area contributed by atoms with E-state index in [0.717, 1.165) is 37.6 Å². The van der Waals surface area contributed by atoms with E-state index >= 15 is 0 Å². The highest BCUT2D eigenvalue weighted by Crippen LogP contribution is 2.16. The number of piperidine rings is 1. The second-order valence-electron chi connectivity index (χ2n) is 6.95. The van der Waals surface area contributed by atoms with Crippen molar-refractivity contribution in [1.29, 1.82) is 0 Å². The minimum absolute atomic E-state index is 0.488. The molecule has 3 rings (SSSR count). The normalized spacial score (nSPS) is 17.2. The summed E-state index contributed by atoms with van der Waals surface area (Å²) in [7, 11) is 1.83. The monoisotopic (exact) mass is 339 g/mol. The minimum atomic E-state index is 0.488. The molecule has 25 heavy (non-hydrogen) atoms. The lowest BCUT2D eigenvalue weighted by molar-refractivity contribution is 0.167. The van der Waals surface area contributed by atoms with E-state index in [9.17, 15) is 0 Å². The van der Waals surface area contributed by atoms with Gasteiger partial charge < -0.3 is 15.5 Å². The molecule has 134 valence electrons. The highest BCUT2D eigenvalue weighted by molar-refractivity contribution is 5.85. The lowest BCUT2D eigenvalue weighted by atomic mass is 10.0. The molecule has 0 bridgehead atoms.